The molecule has 2 aliphatic rings. The molecule has 0 N–H and O–H groups in total. The Bertz CT molecular complexity index is 1230. The third-order valence-electron chi connectivity index (χ3n) is 7.44. The monoisotopic (exact) mass is 476 g/mol. The number of piperazine rings is 1. The van der Waals surface area contributed by atoms with E-state index in [-0.39, 0.29) is 11.9 Å². The highest BCUT2D eigenvalue weighted by molar-refractivity contribution is 6.36. The number of aryl methyl sites for hydroxylation is 1. The van der Waals surface area contributed by atoms with Gasteiger partial charge < -0.3 is 4.90 Å². The Morgan fingerprint density at radius 3 is 2.82 bits per heavy atom. The molecule has 2 aromatic heterocycles. The second-order valence-electron chi connectivity index (χ2n) is 9.90. The first kappa shape index (κ1) is 23.3. The molecular formula is C28H33ClN4O. The van der Waals surface area contributed by atoms with Crippen LogP contribution in [0.25, 0.3) is 10.9 Å². The molecule has 1 aliphatic carbocycles. The van der Waals surface area contributed by atoms with Gasteiger partial charge in [-0.2, -0.15) is 0 Å². The zero-order valence-corrected chi connectivity index (χ0v) is 21.1. The number of hydrogen-bond donors (Lipinski definition) is 0. The van der Waals surface area contributed by atoms with E-state index in [1.54, 1.807) is 0 Å². The van der Waals surface area contributed by atoms with Gasteiger partial charge in [-0.05, 0) is 87.4 Å². The van der Waals surface area contributed by atoms with Crippen molar-refractivity contribution in [3.8, 4) is 0 Å². The molecule has 0 saturated carbocycles. The standard InChI is InChI=1S/C28H33ClN4O/c1-4-11-32-12-13-33(19(3)17-32)28(34)22-6-8-24-26(16-22)31-25-15-20(5-7-23(25)27(24)29)21-9-10-30-18(2)14-21/h6,8-10,14,16,19-20H,4-5,7,11-13,15,17H2,1-3H3/t19-,20?/m1/s1. The fraction of sp³-hybridized carbons (Fsp3) is 0.464. The van der Waals surface area contributed by atoms with Crippen LogP contribution in [0.5, 0.6) is 0 Å². The topological polar surface area (TPSA) is 49.3 Å². The fourth-order valence-electron chi connectivity index (χ4n) is 5.65. The summed E-state index contributed by atoms with van der Waals surface area (Å²) in [5.41, 5.74) is 6.10. The molecule has 6 heteroatoms. The first-order chi connectivity index (χ1) is 16.4. The Balaban J connectivity index is 1.42. The number of hydrogen-bond acceptors (Lipinski definition) is 4. The highest BCUT2D eigenvalue weighted by Crippen LogP contribution is 2.38. The maximum Gasteiger partial charge on any atom is 0.254 e. The third-order valence-corrected chi connectivity index (χ3v) is 7.87. The van der Waals surface area contributed by atoms with Gasteiger partial charge in [0.2, 0.25) is 0 Å². The zero-order valence-electron chi connectivity index (χ0n) is 20.4. The van der Waals surface area contributed by atoms with Crippen molar-refractivity contribution in [2.75, 3.05) is 26.2 Å². The van der Waals surface area contributed by atoms with Crippen LogP contribution in [0, 0.1) is 6.92 Å². The number of nitrogens with zero attached hydrogens (tertiary/aromatic N) is 4. The summed E-state index contributed by atoms with van der Waals surface area (Å²) in [6.45, 7) is 10.1. The predicted molar refractivity (Wildman–Crippen MR) is 138 cm³/mol. The smallest absolute Gasteiger partial charge is 0.254 e. The van der Waals surface area contributed by atoms with Gasteiger partial charge in [0.25, 0.3) is 5.91 Å². The summed E-state index contributed by atoms with van der Waals surface area (Å²) in [7, 11) is 0. The predicted octanol–water partition coefficient (Wildman–Crippen LogP) is 5.42. The Morgan fingerprint density at radius 2 is 2.06 bits per heavy atom. The van der Waals surface area contributed by atoms with Crippen LogP contribution in [0.2, 0.25) is 5.02 Å². The molecule has 1 saturated heterocycles. The van der Waals surface area contributed by atoms with E-state index >= 15 is 0 Å². The van der Waals surface area contributed by atoms with Gasteiger partial charge in [-0.15, -0.1) is 0 Å². The lowest BCUT2D eigenvalue weighted by molar-refractivity contribution is 0.0490. The van der Waals surface area contributed by atoms with Crippen molar-refractivity contribution >= 4 is 28.4 Å². The molecular weight excluding hydrogens is 444 g/mol. The van der Waals surface area contributed by atoms with Gasteiger partial charge in [-0.1, -0.05) is 24.6 Å². The largest absolute Gasteiger partial charge is 0.333 e. The number of benzene rings is 1. The SMILES string of the molecule is CCCN1CCN(C(=O)c2ccc3c(Cl)c4c(nc3c2)CC(c2ccnc(C)c2)CC4)[C@H](C)C1. The van der Waals surface area contributed by atoms with Crippen molar-refractivity contribution in [2.45, 2.75) is 58.4 Å². The van der Waals surface area contributed by atoms with Crippen LogP contribution in [0.3, 0.4) is 0 Å². The average Bonchev–Trinajstić information content (AvgIpc) is 2.83. The van der Waals surface area contributed by atoms with Gasteiger partial charge in [-0.25, -0.2) is 0 Å². The van der Waals surface area contributed by atoms with E-state index in [0.717, 1.165) is 84.7 Å². The first-order valence-electron chi connectivity index (χ1n) is 12.5. The van der Waals surface area contributed by atoms with E-state index in [2.05, 4.69) is 35.9 Å². The fourth-order valence-corrected chi connectivity index (χ4v) is 6.01. The minimum Gasteiger partial charge on any atom is -0.333 e. The zero-order chi connectivity index (χ0) is 23.8. The van der Waals surface area contributed by atoms with Crippen LogP contribution >= 0.6 is 11.6 Å². The van der Waals surface area contributed by atoms with E-state index in [1.807, 2.05) is 36.2 Å². The summed E-state index contributed by atoms with van der Waals surface area (Å²) >= 11 is 6.88. The molecule has 5 nitrogen and oxygen atoms in total. The molecule has 1 unspecified atom stereocenters. The maximum atomic E-state index is 13.4. The second-order valence-corrected chi connectivity index (χ2v) is 10.3. The van der Waals surface area contributed by atoms with E-state index in [9.17, 15) is 4.79 Å². The molecule has 0 spiro atoms. The molecule has 1 aromatic carbocycles. The number of amides is 1. The molecule has 1 aliphatic heterocycles. The van der Waals surface area contributed by atoms with Crippen molar-refractivity contribution in [1.82, 2.24) is 19.8 Å². The van der Waals surface area contributed by atoms with Crippen LogP contribution < -0.4 is 0 Å². The van der Waals surface area contributed by atoms with Crippen molar-refractivity contribution in [3.05, 3.63) is 69.6 Å². The Morgan fingerprint density at radius 1 is 1.21 bits per heavy atom. The molecule has 3 heterocycles. The highest BCUT2D eigenvalue weighted by Gasteiger charge is 2.29. The maximum absolute atomic E-state index is 13.4. The van der Waals surface area contributed by atoms with Crippen molar-refractivity contribution in [3.63, 3.8) is 0 Å². The summed E-state index contributed by atoms with van der Waals surface area (Å²) in [4.78, 5) is 27.2. The number of halogens is 1. The summed E-state index contributed by atoms with van der Waals surface area (Å²) < 4.78 is 0. The van der Waals surface area contributed by atoms with Crippen LogP contribution in [-0.4, -0.2) is 57.9 Å². The van der Waals surface area contributed by atoms with Gasteiger partial charge in [0.15, 0.2) is 0 Å². The van der Waals surface area contributed by atoms with E-state index < -0.39 is 0 Å². The second kappa shape index (κ2) is 9.63. The van der Waals surface area contributed by atoms with Gasteiger partial charge >= 0.3 is 0 Å². The van der Waals surface area contributed by atoms with Crippen LogP contribution in [-0.2, 0) is 12.8 Å². The molecule has 34 heavy (non-hydrogen) atoms. The molecule has 0 radical (unpaired) electrons. The Labute approximate surface area is 207 Å². The third kappa shape index (κ3) is 4.44. The minimum atomic E-state index is 0.0892. The minimum absolute atomic E-state index is 0.0892. The Kier molecular flexibility index (Phi) is 6.59. The number of aromatic nitrogens is 2. The number of fused-ring (bicyclic) bond motifs is 2. The number of rotatable bonds is 4. The number of carbonyl (C=O) groups excluding carboxylic acids is 1. The van der Waals surface area contributed by atoms with Gasteiger partial charge in [-0.3, -0.25) is 19.7 Å². The highest BCUT2D eigenvalue weighted by atomic mass is 35.5. The van der Waals surface area contributed by atoms with Crippen molar-refractivity contribution < 1.29 is 4.79 Å². The van der Waals surface area contributed by atoms with Gasteiger partial charge in [0.1, 0.15) is 0 Å². The lowest BCUT2D eigenvalue weighted by atomic mass is 9.82. The summed E-state index contributed by atoms with van der Waals surface area (Å²) in [6, 6.07) is 10.3. The van der Waals surface area contributed by atoms with Crippen LogP contribution in [0.1, 0.15) is 65.5 Å². The lowest BCUT2D eigenvalue weighted by Crippen LogP contribution is -2.54. The van der Waals surface area contributed by atoms with Crippen LogP contribution in [0.4, 0.5) is 0 Å². The van der Waals surface area contributed by atoms with Crippen molar-refractivity contribution in [1.29, 1.82) is 0 Å². The molecule has 3 aromatic rings. The number of pyridine rings is 2. The molecule has 5 rings (SSSR count). The quantitative estimate of drug-likeness (QED) is 0.504. The summed E-state index contributed by atoms with van der Waals surface area (Å²) in [6.07, 6.45) is 5.87. The molecule has 0 bridgehead atoms. The van der Waals surface area contributed by atoms with Crippen molar-refractivity contribution in [2.24, 2.45) is 0 Å². The van der Waals surface area contributed by atoms with Gasteiger partial charge in [0.05, 0.1) is 10.5 Å². The Hall–Kier alpha value is -2.50. The first-order valence-corrected chi connectivity index (χ1v) is 12.9. The van der Waals surface area contributed by atoms with Gasteiger partial charge in [0, 0.05) is 54.2 Å². The summed E-state index contributed by atoms with van der Waals surface area (Å²) in [5.74, 6) is 0.506. The van der Waals surface area contributed by atoms with Crippen LogP contribution in [0.15, 0.2) is 36.5 Å². The van der Waals surface area contributed by atoms with E-state index in [4.69, 9.17) is 16.6 Å². The normalized spacial score (nSPS) is 21.0. The van der Waals surface area contributed by atoms with E-state index in [0.29, 0.717) is 11.5 Å². The molecule has 178 valence electrons. The molecule has 1 fully saturated rings. The lowest BCUT2D eigenvalue weighted by Gasteiger charge is -2.40. The molecule has 2 atom stereocenters. The summed E-state index contributed by atoms with van der Waals surface area (Å²) in [5, 5.41) is 1.74. The average molecular weight is 477 g/mol. The molecule has 1 amide bonds. The number of carbonyl (C=O) groups is 1. The van der Waals surface area contributed by atoms with E-state index in [1.165, 1.54) is 5.56 Å².